The summed E-state index contributed by atoms with van der Waals surface area (Å²) in [6.07, 6.45) is 7.96. The normalized spacial score (nSPS) is 13.1. The lowest BCUT2D eigenvalue weighted by Crippen LogP contribution is -2.17. The summed E-state index contributed by atoms with van der Waals surface area (Å²) in [5.41, 5.74) is 4.36. The molecule has 2 aromatic carbocycles. The highest BCUT2D eigenvalue weighted by atomic mass is 35.5. The predicted octanol–water partition coefficient (Wildman–Crippen LogP) is 7.08. The van der Waals surface area contributed by atoms with Crippen LogP contribution in [0.3, 0.4) is 0 Å². The molecule has 0 amide bonds. The Labute approximate surface area is 209 Å². The third-order valence-electron chi connectivity index (χ3n) is 5.67. The van der Waals surface area contributed by atoms with Crippen LogP contribution in [0.25, 0.3) is 17.3 Å². The number of aromatic nitrogens is 2. The number of benzene rings is 2. The van der Waals surface area contributed by atoms with Crippen molar-refractivity contribution in [1.29, 1.82) is 0 Å². The molecule has 1 N–H and O–H groups in total. The molecule has 1 atom stereocenters. The van der Waals surface area contributed by atoms with E-state index < -0.39 is 0 Å². The summed E-state index contributed by atoms with van der Waals surface area (Å²) in [6.45, 7) is 10.7. The molecule has 3 rings (SSSR count). The van der Waals surface area contributed by atoms with Crippen molar-refractivity contribution >= 4 is 17.7 Å². The first-order valence-corrected chi connectivity index (χ1v) is 12.3. The Morgan fingerprint density at radius 3 is 2.38 bits per heavy atom. The van der Waals surface area contributed by atoms with Gasteiger partial charge in [-0.2, -0.15) is 0 Å². The smallest absolute Gasteiger partial charge is 0.138 e. The first kappa shape index (κ1) is 26.1. The van der Waals surface area contributed by atoms with Crippen molar-refractivity contribution in [2.75, 3.05) is 6.61 Å². The molecule has 0 spiro atoms. The Bertz CT molecular complexity index is 1110. The highest BCUT2D eigenvalue weighted by molar-refractivity contribution is 6.32. The zero-order valence-corrected chi connectivity index (χ0v) is 21.9. The van der Waals surface area contributed by atoms with E-state index in [4.69, 9.17) is 21.3 Å². The monoisotopic (exact) mass is 480 g/mol. The third kappa shape index (κ3) is 6.97. The predicted molar refractivity (Wildman–Crippen MR) is 142 cm³/mol. The first-order valence-electron chi connectivity index (χ1n) is 11.9. The van der Waals surface area contributed by atoms with Crippen LogP contribution >= 0.6 is 11.6 Å². The number of halogens is 1. The van der Waals surface area contributed by atoms with Gasteiger partial charge in [-0.1, -0.05) is 74.9 Å². The average Bonchev–Trinajstić information content (AvgIpc) is 3.16. The first-order chi connectivity index (χ1) is 16.1. The summed E-state index contributed by atoms with van der Waals surface area (Å²) >= 11 is 6.38. The molecule has 0 saturated heterocycles. The van der Waals surface area contributed by atoms with Gasteiger partial charge < -0.3 is 14.4 Å². The number of rotatable bonds is 9. The van der Waals surface area contributed by atoms with E-state index in [0.717, 1.165) is 29.1 Å². The molecule has 5 heteroatoms. The highest BCUT2D eigenvalue weighted by Gasteiger charge is 2.20. The second-order valence-corrected chi connectivity index (χ2v) is 10.6. The van der Waals surface area contributed by atoms with Gasteiger partial charge in [0.05, 0.1) is 16.8 Å². The molecular formula is C29H37ClN2O2. The van der Waals surface area contributed by atoms with Crippen LogP contribution in [0.5, 0.6) is 5.75 Å². The average molecular weight is 481 g/mol. The summed E-state index contributed by atoms with van der Waals surface area (Å²) in [6, 6.07) is 14.4. The van der Waals surface area contributed by atoms with Gasteiger partial charge >= 0.3 is 0 Å². The number of ether oxygens (including phenoxy) is 1. The minimum Gasteiger partial charge on any atom is -0.489 e. The number of hydrogen-bond acceptors (Lipinski definition) is 3. The summed E-state index contributed by atoms with van der Waals surface area (Å²) in [4.78, 5) is 4.86. The lowest BCUT2D eigenvalue weighted by Gasteiger charge is -2.17. The standard InChI is InChI=1S/C29H37ClN2O2/c1-20(2)34-27-14-11-22(18-25(27)30)7-8-23(15-16-33)17-21-9-12-24(13-10-21)26-19-32(6)28(31-26)29(3,4)5/h7-14,18-20,23,33H,15-17H2,1-6H3/b8-7+/t23-/m1/s1. The van der Waals surface area contributed by atoms with E-state index in [0.29, 0.717) is 17.2 Å². The molecule has 0 radical (unpaired) electrons. The molecule has 0 bridgehead atoms. The third-order valence-corrected chi connectivity index (χ3v) is 5.97. The van der Waals surface area contributed by atoms with Crippen molar-refractivity contribution in [3.63, 3.8) is 0 Å². The van der Waals surface area contributed by atoms with Crippen LogP contribution in [0.2, 0.25) is 5.02 Å². The summed E-state index contributed by atoms with van der Waals surface area (Å²) in [5.74, 6) is 2.00. The van der Waals surface area contributed by atoms with Crippen LogP contribution < -0.4 is 4.74 Å². The molecule has 1 heterocycles. The van der Waals surface area contributed by atoms with Crippen molar-refractivity contribution in [3.8, 4) is 17.0 Å². The number of aliphatic hydroxyl groups is 1. The summed E-state index contributed by atoms with van der Waals surface area (Å²) < 4.78 is 7.82. The van der Waals surface area contributed by atoms with Crippen molar-refractivity contribution in [2.45, 2.75) is 59.0 Å². The van der Waals surface area contributed by atoms with Gasteiger partial charge in [0.1, 0.15) is 11.6 Å². The fourth-order valence-corrected chi connectivity index (χ4v) is 4.30. The highest BCUT2D eigenvalue weighted by Crippen LogP contribution is 2.28. The van der Waals surface area contributed by atoms with Gasteiger partial charge in [0.25, 0.3) is 0 Å². The van der Waals surface area contributed by atoms with Crippen LogP contribution in [-0.4, -0.2) is 27.4 Å². The SMILES string of the molecule is CC(C)Oc1ccc(/C=C/[C@H](CCO)Cc2ccc(-c3cn(C)c(C(C)(C)C)n3)cc2)cc1Cl. The molecule has 0 aliphatic carbocycles. The van der Waals surface area contributed by atoms with E-state index in [2.05, 4.69) is 75.0 Å². The molecule has 0 unspecified atom stereocenters. The molecule has 3 aromatic rings. The minimum absolute atomic E-state index is 0.00277. The Balaban J connectivity index is 1.71. The van der Waals surface area contributed by atoms with Crippen LogP contribution in [-0.2, 0) is 18.9 Å². The van der Waals surface area contributed by atoms with E-state index >= 15 is 0 Å². The molecule has 0 saturated carbocycles. The number of aryl methyl sites for hydroxylation is 1. The molecular weight excluding hydrogens is 444 g/mol. The maximum atomic E-state index is 9.58. The van der Waals surface area contributed by atoms with Gasteiger partial charge in [0.2, 0.25) is 0 Å². The number of imidazole rings is 1. The van der Waals surface area contributed by atoms with Crippen molar-refractivity contribution < 1.29 is 9.84 Å². The Hall–Kier alpha value is -2.56. The van der Waals surface area contributed by atoms with Crippen LogP contribution in [0.1, 0.15) is 58.0 Å². The fourth-order valence-electron chi connectivity index (χ4n) is 4.07. The Kier molecular flexibility index (Phi) is 8.62. The Morgan fingerprint density at radius 1 is 1.12 bits per heavy atom. The van der Waals surface area contributed by atoms with Gasteiger partial charge in [-0.3, -0.25) is 0 Å². The Morgan fingerprint density at radius 2 is 1.82 bits per heavy atom. The van der Waals surface area contributed by atoms with Gasteiger partial charge in [0, 0.05) is 30.8 Å². The molecule has 0 aliphatic rings. The molecule has 34 heavy (non-hydrogen) atoms. The quantitative estimate of drug-likeness (QED) is 0.356. The fraction of sp³-hybridized carbons (Fsp3) is 0.414. The maximum Gasteiger partial charge on any atom is 0.138 e. The van der Waals surface area contributed by atoms with E-state index in [1.807, 2.05) is 32.0 Å². The number of hydrogen-bond donors (Lipinski definition) is 1. The molecule has 0 fully saturated rings. The van der Waals surface area contributed by atoms with Gasteiger partial charge in [0.15, 0.2) is 0 Å². The second-order valence-electron chi connectivity index (χ2n) is 10.2. The summed E-state index contributed by atoms with van der Waals surface area (Å²) in [7, 11) is 2.05. The van der Waals surface area contributed by atoms with Crippen molar-refractivity contribution in [2.24, 2.45) is 13.0 Å². The zero-order chi connectivity index (χ0) is 24.9. The van der Waals surface area contributed by atoms with Gasteiger partial charge in [-0.15, -0.1) is 0 Å². The molecule has 4 nitrogen and oxygen atoms in total. The van der Waals surface area contributed by atoms with E-state index in [9.17, 15) is 5.11 Å². The van der Waals surface area contributed by atoms with Crippen molar-refractivity contribution in [3.05, 3.63) is 76.7 Å². The van der Waals surface area contributed by atoms with Crippen LogP contribution in [0, 0.1) is 5.92 Å². The summed E-state index contributed by atoms with van der Waals surface area (Å²) in [5, 5.41) is 10.2. The van der Waals surface area contributed by atoms with Crippen LogP contribution in [0.15, 0.2) is 54.7 Å². The van der Waals surface area contributed by atoms with E-state index in [1.54, 1.807) is 0 Å². The number of allylic oxidation sites excluding steroid dienone is 1. The van der Waals surface area contributed by atoms with E-state index in [-0.39, 0.29) is 24.0 Å². The van der Waals surface area contributed by atoms with Crippen molar-refractivity contribution in [1.82, 2.24) is 9.55 Å². The molecule has 0 aliphatic heterocycles. The maximum absolute atomic E-state index is 9.58. The largest absolute Gasteiger partial charge is 0.489 e. The zero-order valence-electron chi connectivity index (χ0n) is 21.2. The second kappa shape index (κ2) is 11.2. The lowest BCUT2D eigenvalue weighted by atomic mass is 9.94. The molecule has 1 aromatic heterocycles. The van der Waals surface area contributed by atoms with Gasteiger partial charge in [-0.25, -0.2) is 4.98 Å². The van der Waals surface area contributed by atoms with E-state index in [1.165, 1.54) is 5.56 Å². The number of nitrogens with zero attached hydrogens (tertiary/aromatic N) is 2. The number of aliphatic hydroxyl groups excluding tert-OH is 1. The van der Waals surface area contributed by atoms with Crippen LogP contribution in [0.4, 0.5) is 0 Å². The lowest BCUT2D eigenvalue weighted by molar-refractivity contribution is 0.242. The topological polar surface area (TPSA) is 47.3 Å². The minimum atomic E-state index is 0.00277. The molecule has 182 valence electrons. The van der Waals surface area contributed by atoms with Gasteiger partial charge in [-0.05, 0) is 55.9 Å².